The van der Waals surface area contributed by atoms with Crippen molar-refractivity contribution >= 4 is 0 Å². The lowest BCUT2D eigenvalue weighted by molar-refractivity contribution is -0.00207. The smallest absolute Gasteiger partial charge is 0.0575 e. The monoisotopic (exact) mass is 260 g/mol. The molecule has 0 saturated carbocycles. The molecule has 1 fully saturated rings. The molecule has 0 radical (unpaired) electrons. The summed E-state index contributed by atoms with van der Waals surface area (Å²) >= 11 is 0. The third-order valence-corrected chi connectivity index (χ3v) is 4.36. The lowest BCUT2D eigenvalue weighted by Crippen LogP contribution is -2.24. The Morgan fingerprint density at radius 3 is 2.42 bits per heavy atom. The molecule has 19 heavy (non-hydrogen) atoms. The molecular weight excluding hydrogens is 232 g/mol. The SMILES string of the molecule is CCCCCC1CCC(c2ccc(CC)cc2)CO1. The van der Waals surface area contributed by atoms with Gasteiger partial charge in [-0.2, -0.15) is 0 Å². The minimum Gasteiger partial charge on any atom is -0.378 e. The van der Waals surface area contributed by atoms with Gasteiger partial charge in [0.15, 0.2) is 0 Å². The molecular formula is C18H28O. The molecule has 0 aromatic heterocycles. The summed E-state index contributed by atoms with van der Waals surface area (Å²) in [5.74, 6) is 0.619. The largest absolute Gasteiger partial charge is 0.378 e. The second-order valence-electron chi connectivity index (χ2n) is 5.82. The second kappa shape index (κ2) is 7.69. The van der Waals surface area contributed by atoms with Gasteiger partial charge in [0.25, 0.3) is 0 Å². The molecule has 2 rings (SSSR count). The van der Waals surface area contributed by atoms with Crippen LogP contribution in [0.2, 0.25) is 0 Å². The predicted octanol–water partition coefficient (Wildman–Crippen LogP) is 5.09. The average molecular weight is 260 g/mol. The van der Waals surface area contributed by atoms with E-state index >= 15 is 0 Å². The molecule has 1 aliphatic rings. The van der Waals surface area contributed by atoms with Crippen LogP contribution in [0, 0.1) is 0 Å². The highest BCUT2D eigenvalue weighted by Crippen LogP contribution is 2.30. The summed E-state index contributed by atoms with van der Waals surface area (Å²) in [7, 11) is 0. The Morgan fingerprint density at radius 1 is 1.05 bits per heavy atom. The zero-order valence-electron chi connectivity index (χ0n) is 12.5. The van der Waals surface area contributed by atoms with Crippen LogP contribution in [0.25, 0.3) is 0 Å². The standard InChI is InChI=1S/C18H28O/c1-3-5-6-7-18-13-12-17(14-19-18)16-10-8-15(4-2)9-11-16/h8-11,17-18H,3-7,12-14H2,1-2H3. The van der Waals surface area contributed by atoms with Gasteiger partial charge in [0.05, 0.1) is 12.7 Å². The van der Waals surface area contributed by atoms with Crippen molar-refractivity contribution in [1.82, 2.24) is 0 Å². The summed E-state index contributed by atoms with van der Waals surface area (Å²) in [6, 6.07) is 9.12. The Labute approximate surface area is 118 Å². The summed E-state index contributed by atoms with van der Waals surface area (Å²) in [6.45, 7) is 5.39. The summed E-state index contributed by atoms with van der Waals surface area (Å²) < 4.78 is 6.05. The third-order valence-electron chi connectivity index (χ3n) is 4.36. The first-order chi connectivity index (χ1) is 9.33. The van der Waals surface area contributed by atoms with E-state index in [0.29, 0.717) is 12.0 Å². The van der Waals surface area contributed by atoms with E-state index in [-0.39, 0.29) is 0 Å². The summed E-state index contributed by atoms with van der Waals surface area (Å²) in [5.41, 5.74) is 2.89. The number of hydrogen-bond acceptors (Lipinski definition) is 1. The van der Waals surface area contributed by atoms with Crippen LogP contribution in [0.1, 0.15) is 69.4 Å². The molecule has 2 unspecified atom stereocenters. The van der Waals surface area contributed by atoms with Gasteiger partial charge in [0, 0.05) is 5.92 Å². The normalized spacial score (nSPS) is 23.5. The molecule has 2 atom stereocenters. The fourth-order valence-electron chi connectivity index (χ4n) is 2.94. The van der Waals surface area contributed by atoms with Gasteiger partial charge < -0.3 is 4.74 Å². The van der Waals surface area contributed by atoms with Gasteiger partial charge in [0.1, 0.15) is 0 Å². The van der Waals surface area contributed by atoms with Crippen LogP contribution in [-0.4, -0.2) is 12.7 Å². The van der Waals surface area contributed by atoms with Crippen molar-refractivity contribution < 1.29 is 4.74 Å². The van der Waals surface area contributed by atoms with Gasteiger partial charge in [-0.25, -0.2) is 0 Å². The van der Waals surface area contributed by atoms with Crippen LogP contribution in [0.5, 0.6) is 0 Å². The van der Waals surface area contributed by atoms with E-state index in [4.69, 9.17) is 4.74 Å². The maximum atomic E-state index is 6.05. The highest BCUT2D eigenvalue weighted by atomic mass is 16.5. The number of ether oxygens (including phenoxy) is 1. The van der Waals surface area contributed by atoms with Crippen LogP contribution in [0.15, 0.2) is 24.3 Å². The fourth-order valence-corrected chi connectivity index (χ4v) is 2.94. The Balaban J connectivity index is 1.78. The van der Waals surface area contributed by atoms with E-state index in [0.717, 1.165) is 13.0 Å². The summed E-state index contributed by atoms with van der Waals surface area (Å²) in [4.78, 5) is 0. The zero-order chi connectivity index (χ0) is 13.5. The molecule has 1 saturated heterocycles. The van der Waals surface area contributed by atoms with Crippen LogP contribution < -0.4 is 0 Å². The first kappa shape index (κ1) is 14.6. The van der Waals surface area contributed by atoms with Crippen molar-refractivity contribution in [2.24, 2.45) is 0 Å². The summed E-state index contributed by atoms with van der Waals surface area (Å²) in [5, 5.41) is 0. The van der Waals surface area contributed by atoms with Crippen molar-refractivity contribution in [1.29, 1.82) is 0 Å². The number of hydrogen-bond donors (Lipinski definition) is 0. The molecule has 0 aliphatic carbocycles. The average Bonchev–Trinajstić information content (AvgIpc) is 2.48. The van der Waals surface area contributed by atoms with Crippen molar-refractivity contribution in [3.05, 3.63) is 35.4 Å². The Hall–Kier alpha value is -0.820. The zero-order valence-corrected chi connectivity index (χ0v) is 12.5. The van der Waals surface area contributed by atoms with Crippen LogP contribution in [0.4, 0.5) is 0 Å². The van der Waals surface area contributed by atoms with Crippen LogP contribution >= 0.6 is 0 Å². The molecule has 0 spiro atoms. The van der Waals surface area contributed by atoms with Crippen molar-refractivity contribution in [3.63, 3.8) is 0 Å². The van der Waals surface area contributed by atoms with Crippen molar-refractivity contribution in [2.75, 3.05) is 6.61 Å². The molecule has 1 heteroatoms. The minimum absolute atomic E-state index is 0.526. The van der Waals surface area contributed by atoms with Crippen LogP contribution in [0.3, 0.4) is 0 Å². The van der Waals surface area contributed by atoms with E-state index in [2.05, 4.69) is 38.1 Å². The van der Waals surface area contributed by atoms with Gasteiger partial charge >= 0.3 is 0 Å². The molecule has 0 bridgehead atoms. The number of aryl methyl sites for hydroxylation is 1. The summed E-state index contributed by atoms with van der Waals surface area (Å²) in [6.07, 6.45) is 9.43. The Bertz CT molecular complexity index is 346. The van der Waals surface area contributed by atoms with Gasteiger partial charge in [0.2, 0.25) is 0 Å². The van der Waals surface area contributed by atoms with Crippen molar-refractivity contribution in [2.45, 2.75) is 70.8 Å². The van der Waals surface area contributed by atoms with Crippen molar-refractivity contribution in [3.8, 4) is 0 Å². The molecule has 1 aliphatic heterocycles. The lowest BCUT2D eigenvalue weighted by Gasteiger charge is -2.29. The fraction of sp³-hybridized carbons (Fsp3) is 0.667. The maximum absolute atomic E-state index is 6.05. The second-order valence-corrected chi connectivity index (χ2v) is 5.82. The van der Waals surface area contributed by atoms with E-state index < -0.39 is 0 Å². The highest BCUT2D eigenvalue weighted by Gasteiger charge is 2.22. The molecule has 106 valence electrons. The maximum Gasteiger partial charge on any atom is 0.0575 e. The van der Waals surface area contributed by atoms with Crippen LogP contribution in [-0.2, 0) is 11.2 Å². The number of unbranched alkanes of at least 4 members (excludes halogenated alkanes) is 2. The van der Waals surface area contributed by atoms with Gasteiger partial charge in [-0.15, -0.1) is 0 Å². The molecule has 1 aromatic carbocycles. The van der Waals surface area contributed by atoms with E-state index in [1.807, 2.05) is 0 Å². The molecule has 1 aromatic rings. The lowest BCUT2D eigenvalue weighted by atomic mass is 9.89. The topological polar surface area (TPSA) is 9.23 Å². The first-order valence-electron chi connectivity index (χ1n) is 8.04. The Kier molecular flexibility index (Phi) is 5.91. The van der Waals surface area contributed by atoms with E-state index in [9.17, 15) is 0 Å². The molecule has 0 N–H and O–H groups in total. The minimum atomic E-state index is 0.526. The quantitative estimate of drug-likeness (QED) is 0.647. The number of benzene rings is 1. The number of rotatable bonds is 6. The van der Waals surface area contributed by atoms with Gasteiger partial charge in [-0.1, -0.05) is 57.4 Å². The molecule has 0 amide bonds. The third kappa shape index (κ3) is 4.35. The first-order valence-corrected chi connectivity index (χ1v) is 8.04. The van der Waals surface area contributed by atoms with Gasteiger partial charge in [-0.05, 0) is 36.8 Å². The highest BCUT2D eigenvalue weighted by molar-refractivity contribution is 5.25. The molecule has 1 heterocycles. The van der Waals surface area contributed by atoms with E-state index in [1.165, 1.54) is 49.7 Å². The Morgan fingerprint density at radius 2 is 1.84 bits per heavy atom. The predicted molar refractivity (Wildman–Crippen MR) is 81.7 cm³/mol. The van der Waals surface area contributed by atoms with Gasteiger partial charge in [-0.3, -0.25) is 0 Å². The molecule has 1 nitrogen and oxygen atoms in total. The van der Waals surface area contributed by atoms with E-state index in [1.54, 1.807) is 0 Å².